The van der Waals surface area contributed by atoms with E-state index in [-0.39, 0.29) is 37.4 Å². The average Bonchev–Trinajstić information content (AvgIpc) is 2.31. The van der Waals surface area contributed by atoms with Crippen molar-refractivity contribution >= 4 is 11.6 Å². The maximum atomic E-state index is 11.3. The van der Waals surface area contributed by atoms with E-state index < -0.39 is 10.3 Å². The van der Waals surface area contributed by atoms with E-state index in [0.29, 0.717) is 0 Å². The summed E-state index contributed by atoms with van der Waals surface area (Å²) in [6.07, 6.45) is 0.526. The first kappa shape index (κ1) is 9.83. The normalized spacial score (nSPS) is 20.7. The third kappa shape index (κ3) is 1.74. The Kier molecular flexibility index (Phi) is 2.45. The van der Waals surface area contributed by atoms with Crippen molar-refractivity contribution in [2.75, 3.05) is 6.54 Å². The summed E-state index contributed by atoms with van der Waals surface area (Å²) in [5, 5.41) is 10.1. The lowest BCUT2D eigenvalue weighted by atomic mass is 9.83. The Hall–Kier alpha value is -1.26. The second-order valence-corrected chi connectivity index (χ2v) is 3.48. The Morgan fingerprint density at radius 2 is 1.85 bits per heavy atom. The van der Waals surface area contributed by atoms with Crippen LogP contribution >= 0.6 is 0 Å². The minimum absolute atomic E-state index is 0.0394. The van der Waals surface area contributed by atoms with Crippen molar-refractivity contribution in [3.8, 4) is 0 Å². The standard InChI is InChI=1S/C8H11NO4/c1-8(4-5-9(12)13)6(10)2-3-7(8)11/h2-5H2,1H3. The number of rotatable bonds is 3. The molecule has 1 rings (SSSR count). The molecule has 0 aromatic heterocycles. The molecule has 0 spiro atoms. The molecule has 72 valence electrons. The number of carbonyl (C=O) groups is 2. The number of nitro groups is 1. The van der Waals surface area contributed by atoms with Crippen LogP contribution in [-0.4, -0.2) is 23.0 Å². The first-order valence-electron chi connectivity index (χ1n) is 4.15. The van der Waals surface area contributed by atoms with Gasteiger partial charge in [0.15, 0.2) is 0 Å². The lowest BCUT2D eigenvalue weighted by Crippen LogP contribution is -2.31. The first-order chi connectivity index (χ1) is 5.97. The quantitative estimate of drug-likeness (QED) is 0.366. The number of Topliss-reactive ketones (excluding diaryl/α,β-unsaturated/α-hetero) is 2. The van der Waals surface area contributed by atoms with Gasteiger partial charge in [0.1, 0.15) is 11.6 Å². The molecule has 0 unspecified atom stereocenters. The molecule has 5 heteroatoms. The summed E-state index contributed by atoms with van der Waals surface area (Å²) < 4.78 is 0. The Morgan fingerprint density at radius 1 is 1.38 bits per heavy atom. The number of hydrogen-bond acceptors (Lipinski definition) is 4. The van der Waals surface area contributed by atoms with Crippen LogP contribution in [0.25, 0.3) is 0 Å². The zero-order chi connectivity index (χ0) is 10.1. The van der Waals surface area contributed by atoms with Gasteiger partial charge in [-0.15, -0.1) is 0 Å². The fraction of sp³-hybridized carbons (Fsp3) is 0.750. The molecule has 5 nitrogen and oxygen atoms in total. The van der Waals surface area contributed by atoms with Gasteiger partial charge in [-0.2, -0.15) is 0 Å². The highest BCUT2D eigenvalue weighted by Gasteiger charge is 2.45. The third-order valence-corrected chi connectivity index (χ3v) is 2.60. The molecule has 0 aromatic carbocycles. The van der Waals surface area contributed by atoms with E-state index in [0.717, 1.165) is 0 Å². The Morgan fingerprint density at radius 3 is 2.23 bits per heavy atom. The maximum Gasteiger partial charge on any atom is 0.205 e. The van der Waals surface area contributed by atoms with Gasteiger partial charge in [-0.3, -0.25) is 19.7 Å². The molecule has 0 N–H and O–H groups in total. The molecule has 1 fully saturated rings. The van der Waals surface area contributed by atoms with Gasteiger partial charge in [0.25, 0.3) is 0 Å². The SMILES string of the molecule is CC1(CC[N+](=O)[O-])C(=O)CCC1=O. The minimum atomic E-state index is -1.08. The van der Waals surface area contributed by atoms with Gasteiger partial charge in [-0.25, -0.2) is 0 Å². The predicted molar refractivity (Wildman–Crippen MR) is 43.8 cm³/mol. The zero-order valence-corrected chi connectivity index (χ0v) is 7.41. The van der Waals surface area contributed by atoms with Crippen molar-refractivity contribution in [2.24, 2.45) is 5.41 Å². The van der Waals surface area contributed by atoms with Crippen LogP contribution in [0, 0.1) is 15.5 Å². The van der Waals surface area contributed by atoms with Crippen molar-refractivity contribution in [1.82, 2.24) is 0 Å². The molecule has 1 saturated carbocycles. The molecule has 0 aliphatic heterocycles. The van der Waals surface area contributed by atoms with Crippen molar-refractivity contribution in [1.29, 1.82) is 0 Å². The van der Waals surface area contributed by atoms with Gasteiger partial charge in [0.05, 0.1) is 5.41 Å². The largest absolute Gasteiger partial charge is 0.299 e. The summed E-state index contributed by atoms with van der Waals surface area (Å²) in [6.45, 7) is 1.20. The van der Waals surface area contributed by atoms with Crippen molar-refractivity contribution in [3.05, 3.63) is 10.1 Å². The molecule has 1 aliphatic carbocycles. The highest BCUT2D eigenvalue weighted by atomic mass is 16.6. The van der Waals surface area contributed by atoms with Crippen molar-refractivity contribution < 1.29 is 14.5 Å². The van der Waals surface area contributed by atoms with E-state index in [4.69, 9.17) is 0 Å². The first-order valence-corrected chi connectivity index (χ1v) is 4.15. The van der Waals surface area contributed by atoms with Gasteiger partial charge < -0.3 is 0 Å². The van der Waals surface area contributed by atoms with Crippen LogP contribution in [0.2, 0.25) is 0 Å². The van der Waals surface area contributed by atoms with Crippen LogP contribution in [-0.2, 0) is 9.59 Å². The Bertz CT molecular complexity index is 255. The fourth-order valence-electron chi connectivity index (χ4n) is 1.53. The highest BCUT2D eigenvalue weighted by molar-refractivity contribution is 6.12. The summed E-state index contributed by atoms with van der Waals surface area (Å²) in [7, 11) is 0. The van der Waals surface area contributed by atoms with Crippen LogP contribution < -0.4 is 0 Å². The van der Waals surface area contributed by atoms with Crippen LogP contribution in [0.1, 0.15) is 26.2 Å². The van der Waals surface area contributed by atoms with E-state index in [1.54, 1.807) is 0 Å². The summed E-state index contributed by atoms with van der Waals surface area (Å²) in [6, 6.07) is 0. The summed E-state index contributed by atoms with van der Waals surface area (Å²) >= 11 is 0. The van der Waals surface area contributed by atoms with Crippen LogP contribution in [0.5, 0.6) is 0 Å². The van der Waals surface area contributed by atoms with Crippen LogP contribution in [0.4, 0.5) is 0 Å². The van der Waals surface area contributed by atoms with Gasteiger partial charge in [0.2, 0.25) is 6.54 Å². The molecular formula is C8H11NO4. The number of hydrogen-bond donors (Lipinski definition) is 0. The number of nitrogens with zero attached hydrogens (tertiary/aromatic N) is 1. The summed E-state index contributed by atoms with van der Waals surface area (Å²) in [5.41, 5.74) is -1.08. The molecule has 1 aliphatic rings. The minimum Gasteiger partial charge on any atom is -0.299 e. The molecule has 13 heavy (non-hydrogen) atoms. The van der Waals surface area contributed by atoms with E-state index in [2.05, 4.69) is 0 Å². The summed E-state index contributed by atoms with van der Waals surface area (Å²) in [5.74, 6) is -0.307. The van der Waals surface area contributed by atoms with Gasteiger partial charge in [-0.05, 0) is 6.92 Å². The van der Waals surface area contributed by atoms with Gasteiger partial charge in [-0.1, -0.05) is 0 Å². The lowest BCUT2D eigenvalue weighted by molar-refractivity contribution is -0.481. The maximum absolute atomic E-state index is 11.3. The van der Waals surface area contributed by atoms with Crippen LogP contribution in [0.3, 0.4) is 0 Å². The van der Waals surface area contributed by atoms with Crippen LogP contribution in [0.15, 0.2) is 0 Å². The fourth-order valence-corrected chi connectivity index (χ4v) is 1.53. The third-order valence-electron chi connectivity index (χ3n) is 2.60. The monoisotopic (exact) mass is 185 g/mol. The average molecular weight is 185 g/mol. The van der Waals surface area contributed by atoms with Gasteiger partial charge in [0, 0.05) is 24.2 Å². The van der Waals surface area contributed by atoms with Gasteiger partial charge >= 0.3 is 0 Å². The topological polar surface area (TPSA) is 77.3 Å². The van der Waals surface area contributed by atoms with E-state index in [1.807, 2.05) is 0 Å². The molecule has 0 amide bonds. The van der Waals surface area contributed by atoms with E-state index >= 15 is 0 Å². The highest BCUT2D eigenvalue weighted by Crippen LogP contribution is 2.33. The van der Waals surface area contributed by atoms with Crippen molar-refractivity contribution in [3.63, 3.8) is 0 Å². The van der Waals surface area contributed by atoms with E-state index in [1.165, 1.54) is 6.92 Å². The molecule has 0 aromatic rings. The second kappa shape index (κ2) is 3.24. The zero-order valence-electron chi connectivity index (χ0n) is 7.41. The number of ketones is 2. The smallest absolute Gasteiger partial charge is 0.205 e. The van der Waals surface area contributed by atoms with E-state index in [9.17, 15) is 19.7 Å². The summed E-state index contributed by atoms with van der Waals surface area (Å²) in [4.78, 5) is 32.1. The molecule has 0 bridgehead atoms. The molecule has 0 atom stereocenters. The molecule has 0 heterocycles. The predicted octanol–water partition coefficient (Wildman–Crippen LogP) is 0.591. The molecule has 0 saturated heterocycles. The second-order valence-electron chi connectivity index (χ2n) is 3.48. The lowest BCUT2D eigenvalue weighted by Gasteiger charge is -2.16. The van der Waals surface area contributed by atoms with Crippen molar-refractivity contribution in [2.45, 2.75) is 26.2 Å². The molecule has 0 radical (unpaired) electrons. The Balaban J connectivity index is 2.68. The Labute approximate surface area is 75.3 Å². The molecular weight excluding hydrogens is 174 g/mol. The number of carbonyl (C=O) groups excluding carboxylic acids is 2.